The molecule has 19 heavy (non-hydrogen) atoms. The predicted molar refractivity (Wildman–Crippen MR) is 83.8 cm³/mol. The van der Waals surface area contributed by atoms with Crippen LogP contribution in [-0.2, 0) is 4.79 Å². The number of hydrogen-bond donors (Lipinski definition) is 2. The average Bonchev–Trinajstić information content (AvgIpc) is 2.71. The highest BCUT2D eigenvalue weighted by Gasteiger charge is 2.23. The van der Waals surface area contributed by atoms with E-state index in [1.165, 1.54) is 0 Å². The van der Waals surface area contributed by atoms with Gasteiger partial charge < -0.3 is 10.4 Å². The van der Waals surface area contributed by atoms with Gasteiger partial charge >= 0.3 is 0 Å². The number of para-hydroxylation sites is 1. The molecule has 1 heterocycles. The molecule has 94 valence electrons. The number of rotatable bonds is 1. The Morgan fingerprint density at radius 2 is 1.95 bits per heavy atom. The second-order valence-corrected chi connectivity index (χ2v) is 5.43. The van der Waals surface area contributed by atoms with Gasteiger partial charge in [-0.15, -0.1) is 0 Å². The highest BCUT2D eigenvalue weighted by Crippen LogP contribution is 2.33. The molecule has 2 aromatic rings. The van der Waals surface area contributed by atoms with Crippen molar-refractivity contribution in [1.29, 1.82) is 0 Å². The SMILES string of the molecule is O=C1Nc2ccccc2/C1=C/c1ccc(O)c(I)c1. The van der Waals surface area contributed by atoms with E-state index in [1.54, 1.807) is 12.1 Å². The molecule has 0 atom stereocenters. The predicted octanol–water partition coefficient (Wildman–Crippen LogP) is 3.49. The maximum atomic E-state index is 12.0. The molecule has 1 aliphatic heterocycles. The van der Waals surface area contributed by atoms with Gasteiger partial charge in [-0.2, -0.15) is 0 Å². The molecule has 0 fully saturated rings. The van der Waals surface area contributed by atoms with Crippen molar-refractivity contribution in [2.24, 2.45) is 0 Å². The molecule has 0 aliphatic carbocycles. The number of carbonyl (C=O) groups is 1. The summed E-state index contributed by atoms with van der Waals surface area (Å²) in [4.78, 5) is 12.0. The molecule has 0 saturated heterocycles. The van der Waals surface area contributed by atoms with Gasteiger partial charge in [-0.05, 0) is 52.4 Å². The van der Waals surface area contributed by atoms with E-state index in [0.29, 0.717) is 5.57 Å². The summed E-state index contributed by atoms with van der Waals surface area (Å²) in [7, 11) is 0. The maximum Gasteiger partial charge on any atom is 0.256 e. The Morgan fingerprint density at radius 3 is 2.74 bits per heavy atom. The van der Waals surface area contributed by atoms with Crippen molar-refractivity contribution in [3.05, 3.63) is 57.2 Å². The van der Waals surface area contributed by atoms with Crippen molar-refractivity contribution in [3.63, 3.8) is 0 Å². The third-order valence-electron chi connectivity index (χ3n) is 2.99. The molecule has 0 bridgehead atoms. The normalized spacial score (nSPS) is 15.4. The van der Waals surface area contributed by atoms with Crippen molar-refractivity contribution >= 4 is 45.8 Å². The van der Waals surface area contributed by atoms with E-state index >= 15 is 0 Å². The maximum absolute atomic E-state index is 12.0. The standard InChI is InChI=1S/C15H10INO2/c16-12-8-9(5-6-14(12)18)7-11-10-3-1-2-4-13(10)17-15(11)19/h1-8,18H,(H,17,19)/b11-7-. The molecule has 1 amide bonds. The third-order valence-corrected chi connectivity index (χ3v) is 3.86. The van der Waals surface area contributed by atoms with E-state index in [9.17, 15) is 9.90 Å². The van der Waals surface area contributed by atoms with Crippen LogP contribution in [0.2, 0.25) is 0 Å². The van der Waals surface area contributed by atoms with E-state index in [1.807, 2.05) is 36.4 Å². The highest BCUT2D eigenvalue weighted by molar-refractivity contribution is 14.1. The van der Waals surface area contributed by atoms with Crippen molar-refractivity contribution < 1.29 is 9.90 Å². The van der Waals surface area contributed by atoms with E-state index < -0.39 is 0 Å². The topological polar surface area (TPSA) is 49.3 Å². The molecule has 2 N–H and O–H groups in total. The first-order valence-corrected chi connectivity index (χ1v) is 6.84. The van der Waals surface area contributed by atoms with Crippen LogP contribution in [0.4, 0.5) is 5.69 Å². The molecular weight excluding hydrogens is 353 g/mol. The van der Waals surface area contributed by atoms with Crippen LogP contribution in [-0.4, -0.2) is 11.0 Å². The summed E-state index contributed by atoms with van der Waals surface area (Å²) < 4.78 is 0.763. The molecule has 1 aliphatic rings. The van der Waals surface area contributed by atoms with Crippen LogP contribution in [0.5, 0.6) is 5.75 Å². The quantitative estimate of drug-likeness (QED) is 0.602. The fraction of sp³-hybridized carbons (Fsp3) is 0. The summed E-state index contributed by atoms with van der Waals surface area (Å²) in [5, 5.41) is 12.3. The number of fused-ring (bicyclic) bond motifs is 1. The van der Waals surface area contributed by atoms with Gasteiger partial charge in [-0.25, -0.2) is 0 Å². The summed E-state index contributed by atoms with van der Waals surface area (Å²) in [6, 6.07) is 12.9. The molecule has 3 rings (SSSR count). The van der Waals surface area contributed by atoms with Gasteiger partial charge in [0, 0.05) is 16.8 Å². The van der Waals surface area contributed by atoms with Gasteiger partial charge in [0.15, 0.2) is 0 Å². The van der Waals surface area contributed by atoms with Crippen LogP contribution in [0, 0.1) is 3.57 Å². The van der Waals surface area contributed by atoms with Gasteiger partial charge in [-0.3, -0.25) is 4.79 Å². The molecule has 0 unspecified atom stereocenters. The fourth-order valence-electron chi connectivity index (χ4n) is 2.06. The minimum absolute atomic E-state index is 0.0933. The van der Waals surface area contributed by atoms with Gasteiger partial charge in [-0.1, -0.05) is 24.3 Å². The van der Waals surface area contributed by atoms with Gasteiger partial charge in [0.2, 0.25) is 0 Å². The summed E-state index contributed by atoms with van der Waals surface area (Å²) >= 11 is 2.06. The number of aromatic hydroxyl groups is 1. The molecular formula is C15H10INO2. The van der Waals surface area contributed by atoms with Crippen LogP contribution in [0.1, 0.15) is 11.1 Å². The smallest absolute Gasteiger partial charge is 0.256 e. The lowest BCUT2D eigenvalue weighted by Crippen LogP contribution is -2.03. The zero-order chi connectivity index (χ0) is 13.4. The molecule has 0 spiro atoms. The second kappa shape index (κ2) is 4.70. The number of phenolic OH excluding ortho intramolecular Hbond substituents is 1. The van der Waals surface area contributed by atoms with E-state index in [2.05, 4.69) is 27.9 Å². The molecule has 4 heteroatoms. The Kier molecular flexibility index (Phi) is 3.02. The first-order chi connectivity index (χ1) is 9.15. The van der Waals surface area contributed by atoms with Crippen molar-refractivity contribution in [3.8, 4) is 5.75 Å². The number of halogens is 1. The van der Waals surface area contributed by atoms with Gasteiger partial charge in [0.05, 0.1) is 3.57 Å². The number of hydrogen-bond acceptors (Lipinski definition) is 2. The van der Waals surface area contributed by atoms with Gasteiger partial charge in [0.1, 0.15) is 5.75 Å². The van der Waals surface area contributed by atoms with Crippen LogP contribution < -0.4 is 5.32 Å². The first-order valence-electron chi connectivity index (χ1n) is 5.76. The number of carbonyl (C=O) groups excluding carboxylic acids is 1. The Hall–Kier alpha value is -1.82. The van der Waals surface area contributed by atoms with Crippen LogP contribution in [0.15, 0.2) is 42.5 Å². The first kappa shape index (κ1) is 12.2. The monoisotopic (exact) mass is 363 g/mol. The molecule has 0 aromatic heterocycles. The largest absolute Gasteiger partial charge is 0.507 e. The van der Waals surface area contributed by atoms with Gasteiger partial charge in [0.25, 0.3) is 5.91 Å². The van der Waals surface area contributed by atoms with Crippen molar-refractivity contribution in [2.45, 2.75) is 0 Å². The Labute approximate surface area is 124 Å². The molecule has 3 nitrogen and oxygen atoms in total. The van der Waals surface area contributed by atoms with E-state index in [-0.39, 0.29) is 11.7 Å². The summed E-state index contributed by atoms with van der Waals surface area (Å²) in [5.74, 6) is 0.156. The fourth-order valence-corrected chi connectivity index (χ4v) is 2.60. The molecule has 0 saturated carbocycles. The number of benzene rings is 2. The van der Waals surface area contributed by atoms with E-state index in [4.69, 9.17) is 0 Å². The zero-order valence-corrected chi connectivity index (χ0v) is 12.0. The average molecular weight is 363 g/mol. The number of anilines is 1. The Bertz CT molecular complexity index is 707. The zero-order valence-electron chi connectivity index (χ0n) is 9.85. The lowest BCUT2D eigenvalue weighted by molar-refractivity contribution is -0.110. The van der Waals surface area contributed by atoms with E-state index in [0.717, 1.165) is 20.4 Å². The minimum atomic E-state index is -0.0933. The number of amides is 1. The summed E-state index contributed by atoms with van der Waals surface area (Å²) in [5.41, 5.74) is 3.30. The third kappa shape index (κ3) is 2.23. The highest BCUT2D eigenvalue weighted by atomic mass is 127. The van der Waals surface area contributed by atoms with Crippen LogP contribution in [0.3, 0.4) is 0 Å². The number of phenols is 1. The van der Waals surface area contributed by atoms with Crippen molar-refractivity contribution in [1.82, 2.24) is 0 Å². The van der Waals surface area contributed by atoms with Crippen molar-refractivity contribution in [2.75, 3.05) is 5.32 Å². The summed E-state index contributed by atoms with van der Waals surface area (Å²) in [6.45, 7) is 0. The second-order valence-electron chi connectivity index (χ2n) is 4.27. The lowest BCUT2D eigenvalue weighted by atomic mass is 10.0. The molecule has 0 radical (unpaired) electrons. The Balaban J connectivity index is 2.08. The minimum Gasteiger partial charge on any atom is -0.507 e. The molecule has 2 aromatic carbocycles. The number of nitrogens with one attached hydrogen (secondary N) is 1. The summed E-state index contributed by atoms with van der Waals surface area (Å²) in [6.07, 6.45) is 1.84. The lowest BCUT2D eigenvalue weighted by Gasteiger charge is -2.01. The van der Waals surface area contributed by atoms with Crippen LogP contribution in [0.25, 0.3) is 11.6 Å². The van der Waals surface area contributed by atoms with Crippen LogP contribution >= 0.6 is 22.6 Å². The Morgan fingerprint density at radius 1 is 1.16 bits per heavy atom.